The normalized spacial score (nSPS) is 12.5. The van der Waals surface area contributed by atoms with Crippen LogP contribution in [0.15, 0.2) is 41.3 Å². The fraction of sp³-hybridized carbons (Fsp3) is 0.333. The van der Waals surface area contributed by atoms with Gasteiger partial charge in [-0.3, -0.25) is 9.59 Å². The number of benzene rings is 2. The summed E-state index contributed by atoms with van der Waals surface area (Å²) >= 11 is 6.15. The lowest BCUT2D eigenvalue weighted by atomic mass is 10.1. The van der Waals surface area contributed by atoms with E-state index in [0.717, 1.165) is 23.3 Å². The van der Waals surface area contributed by atoms with Crippen molar-refractivity contribution in [1.29, 1.82) is 0 Å². The lowest BCUT2D eigenvalue weighted by Crippen LogP contribution is -2.46. The monoisotopic (exact) mass is 470 g/mol. The minimum Gasteiger partial charge on any atom is -0.454 e. The number of anilines is 1. The predicted molar refractivity (Wildman–Crippen MR) is 116 cm³/mol. The maximum absolute atomic E-state index is 13.9. The molecule has 2 aromatic rings. The van der Waals surface area contributed by atoms with E-state index in [2.05, 4.69) is 10.0 Å². The summed E-state index contributed by atoms with van der Waals surface area (Å²) < 4.78 is 46.0. The molecular weight excluding hydrogens is 447 g/mol. The second kappa shape index (κ2) is 10.2. The number of rotatable bonds is 8. The summed E-state index contributed by atoms with van der Waals surface area (Å²) in [6.07, 6.45) is 0. The number of ether oxygens (including phenoxy) is 1. The highest BCUT2D eigenvalue weighted by molar-refractivity contribution is 7.89. The molecule has 2 aromatic carbocycles. The van der Waals surface area contributed by atoms with Crippen LogP contribution < -0.4 is 10.0 Å². The maximum atomic E-state index is 13.9. The predicted octanol–water partition coefficient (Wildman–Crippen LogP) is 3.58. The van der Waals surface area contributed by atoms with Crippen LogP contribution in [0.4, 0.5) is 10.1 Å². The molecule has 0 fully saturated rings. The molecule has 0 saturated carbocycles. The molecule has 2 rings (SSSR count). The molecule has 0 aliphatic carbocycles. The van der Waals surface area contributed by atoms with Crippen molar-refractivity contribution in [3.05, 3.63) is 58.4 Å². The zero-order valence-corrected chi connectivity index (χ0v) is 19.1. The lowest BCUT2D eigenvalue weighted by Gasteiger charge is -2.21. The molecule has 0 saturated heterocycles. The SMILES string of the molecule is Cc1cc(C)c(NC(=O)COC(=O)[C@@H](NS(=O)(=O)c2ccccc2F)C(C)C)c(Cl)c1. The van der Waals surface area contributed by atoms with Crippen LogP contribution >= 0.6 is 11.6 Å². The van der Waals surface area contributed by atoms with Crippen LogP contribution in [0.25, 0.3) is 0 Å². The number of amides is 1. The van der Waals surface area contributed by atoms with Gasteiger partial charge in [0, 0.05) is 0 Å². The summed E-state index contributed by atoms with van der Waals surface area (Å²) in [5.41, 5.74) is 2.06. The highest BCUT2D eigenvalue weighted by atomic mass is 35.5. The Morgan fingerprint density at radius 3 is 2.39 bits per heavy atom. The zero-order chi connectivity index (χ0) is 23.3. The van der Waals surface area contributed by atoms with Crippen LogP contribution in [-0.4, -0.2) is 32.9 Å². The minimum absolute atomic E-state index is 0.342. The fourth-order valence-electron chi connectivity index (χ4n) is 2.83. The molecule has 1 atom stereocenters. The first-order chi connectivity index (χ1) is 14.4. The Morgan fingerprint density at radius 2 is 1.81 bits per heavy atom. The van der Waals surface area contributed by atoms with Gasteiger partial charge < -0.3 is 10.1 Å². The minimum atomic E-state index is -4.33. The number of carbonyl (C=O) groups is 2. The third-order valence-electron chi connectivity index (χ3n) is 4.37. The Bertz CT molecular complexity index is 1070. The second-order valence-electron chi connectivity index (χ2n) is 7.37. The molecule has 1 amide bonds. The molecule has 2 N–H and O–H groups in total. The van der Waals surface area contributed by atoms with Crippen LogP contribution in [0, 0.1) is 25.6 Å². The molecule has 0 spiro atoms. The largest absolute Gasteiger partial charge is 0.454 e. The van der Waals surface area contributed by atoms with Crippen molar-refractivity contribution in [1.82, 2.24) is 4.72 Å². The summed E-state index contributed by atoms with van der Waals surface area (Å²) in [7, 11) is -4.33. The number of carbonyl (C=O) groups excluding carboxylic acids is 2. The third-order valence-corrected chi connectivity index (χ3v) is 6.14. The molecule has 0 heterocycles. The summed E-state index contributed by atoms with van der Waals surface area (Å²) in [6, 6.07) is 7.00. The van der Waals surface area contributed by atoms with Gasteiger partial charge in [0.25, 0.3) is 5.91 Å². The van der Waals surface area contributed by atoms with Crippen molar-refractivity contribution in [3.63, 3.8) is 0 Å². The van der Waals surface area contributed by atoms with Gasteiger partial charge in [-0.25, -0.2) is 12.8 Å². The number of nitrogens with one attached hydrogen (secondary N) is 2. The van der Waals surface area contributed by atoms with Crippen LogP contribution in [0.5, 0.6) is 0 Å². The van der Waals surface area contributed by atoms with Gasteiger partial charge in [-0.15, -0.1) is 0 Å². The Labute approximate surface area is 186 Å². The van der Waals surface area contributed by atoms with Gasteiger partial charge in [-0.1, -0.05) is 43.6 Å². The second-order valence-corrected chi connectivity index (χ2v) is 9.46. The Kier molecular flexibility index (Phi) is 8.16. The smallest absolute Gasteiger partial charge is 0.324 e. The van der Waals surface area contributed by atoms with Crippen molar-refractivity contribution >= 4 is 39.2 Å². The van der Waals surface area contributed by atoms with Crippen LogP contribution in [0.1, 0.15) is 25.0 Å². The molecule has 7 nitrogen and oxygen atoms in total. The lowest BCUT2D eigenvalue weighted by molar-refractivity contribution is -0.150. The van der Waals surface area contributed by atoms with Crippen LogP contribution in [0.3, 0.4) is 0 Å². The molecule has 0 radical (unpaired) electrons. The Balaban J connectivity index is 2.06. The Hall–Kier alpha value is -2.49. The quantitative estimate of drug-likeness (QED) is 0.574. The van der Waals surface area contributed by atoms with E-state index in [4.69, 9.17) is 16.3 Å². The number of hydrogen-bond donors (Lipinski definition) is 2. The highest BCUT2D eigenvalue weighted by Gasteiger charge is 2.31. The first-order valence-electron chi connectivity index (χ1n) is 9.42. The van der Waals surface area contributed by atoms with Crippen molar-refractivity contribution in [2.45, 2.75) is 38.6 Å². The van der Waals surface area contributed by atoms with Gasteiger partial charge in [0.1, 0.15) is 16.8 Å². The van der Waals surface area contributed by atoms with E-state index in [0.29, 0.717) is 10.7 Å². The van der Waals surface area contributed by atoms with E-state index in [9.17, 15) is 22.4 Å². The summed E-state index contributed by atoms with van der Waals surface area (Å²) in [4.78, 5) is 24.1. The zero-order valence-electron chi connectivity index (χ0n) is 17.5. The first kappa shape index (κ1) is 24.8. The Morgan fingerprint density at radius 1 is 1.16 bits per heavy atom. The topological polar surface area (TPSA) is 102 Å². The standard InChI is InChI=1S/C21H24ClFN2O5S/c1-12(2)19(25-31(28,29)17-8-6-5-7-16(17)23)21(27)30-11-18(26)24-20-14(4)9-13(3)10-15(20)22/h5-10,12,19,25H,11H2,1-4H3,(H,24,26)/t19-/m0/s1. The van der Waals surface area contributed by atoms with Gasteiger partial charge in [-0.2, -0.15) is 4.72 Å². The summed E-state index contributed by atoms with van der Waals surface area (Å²) in [5, 5.41) is 2.92. The molecular formula is C21H24ClFN2O5S. The number of sulfonamides is 1. The first-order valence-corrected chi connectivity index (χ1v) is 11.3. The molecule has 0 bridgehead atoms. The molecule has 31 heavy (non-hydrogen) atoms. The van der Waals surface area contributed by atoms with Gasteiger partial charge >= 0.3 is 5.97 Å². The van der Waals surface area contributed by atoms with Gasteiger partial charge in [0.2, 0.25) is 10.0 Å². The number of hydrogen-bond acceptors (Lipinski definition) is 5. The fourth-order valence-corrected chi connectivity index (χ4v) is 4.61. The average molecular weight is 471 g/mol. The number of aryl methyl sites for hydroxylation is 2. The molecule has 0 unspecified atom stereocenters. The van der Waals surface area contributed by atoms with Crippen LogP contribution in [0.2, 0.25) is 5.02 Å². The van der Waals surface area contributed by atoms with E-state index in [1.807, 2.05) is 13.0 Å². The third kappa shape index (κ3) is 6.49. The van der Waals surface area contributed by atoms with Crippen molar-refractivity contribution in [2.75, 3.05) is 11.9 Å². The summed E-state index contributed by atoms with van der Waals surface area (Å²) in [6.45, 7) is 6.16. The van der Waals surface area contributed by atoms with E-state index in [1.54, 1.807) is 26.8 Å². The number of halogens is 2. The average Bonchev–Trinajstić information content (AvgIpc) is 2.67. The molecule has 168 valence electrons. The van der Waals surface area contributed by atoms with Crippen molar-refractivity contribution in [3.8, 4) is 0 Å². The molecule has 10 heteroatoms. The highest BCUT2D eigenvalue weighted by Crippen LogP contribution is 2.27. The molecule has 0 aliphatic heterocycles. The van der Waals surface area contributed by atoms with Crippen LogP contribution in [-0.2, 0) is 24.3 Å². The van der Waals surface area contributed by atoms with E-state index in [1.165, 1.54) is 12.1 Å². The van der Waals surface area contributed by atoms with Gasteiger partial charge in [0.05, 0.1) is 10.7 Å². The van der Waals surface area contributed by atoms with Crippen molar-refractivity contribution in [2.24, 2.45) is 5.92 Å². The van der Waals surface area contributed by atoms with E-state index < -0.39 is 51.2 Å². The van der Waals surface area contributed by atoms with Crippen molar-refractivity contribution < 1.29 is 27.1 Å². The summed E-state index contributed by atoms with van der Waals surface area (Å²) in [5.74, 6) is -3.07. The number of esters is 1. The molecule has 0 aromatic heterocycles. The van der Waals surface area contributed by atoms with E-state index in [-0.39, 0.29) is 0 Å². The van der Waals surface area contributed by atoms with Gasteiger partial charge in [0.15, 0.2) is 6.61 Å². The molecule has 0 aliphatic rings. The van der Waals surface area contributed by atoms with Gasteiger partial charge in [-0.05, 0) is 49.1 Å². The van der Waals surface area contributed by atoms with E-state index >= 15 is 0 Å². The maximum Gasteiger partial charge on any atom is 0.324 e.